The first-order valence-corrected chi connectivity index (χ1v) is 9.71. The number of aliphatic hydroxyl groups is 2. The van der Waals surface area contributed by atoms with Crippen LogP contribution in [0.4, 0.5) is 0 Å². The Morgan fingerprint density at radius 2 is 1.38 bits per heavy atom. The van der Waals surface area contributed by atoms with Crippen molar-refractivity contribution < 1.29 is 29.2 Å². The van der Waals surface area contributed by atoms with E-state index in [1.807, 2.05) is 60.7 Å². The van der Waals surface area contributed by atoms with Gasteiger partial charge in [-0.1, -0.05) is 66.7 Å². The average Bonchev–Trinajstić information content (AvgIpc) is 2.77. The quantitative estimate of drug-likeness (QED) is 0.597. The van der Waals surface area contributed by atoms with Crippen LogP contribution >= 0.6 is 0 Å². The monoisotopic (exact) mass is 400 g/mol. The number of hydrogen-bond donors (Lipinski definition) is 2. The minimum absolute atomic E-state index is 0.256. The maximum atomic E-state index is 10.5. The van der Waals surface area contributed by atoms with E-state index in [9.17, 15) is 10.2 Å². The molecule has 2 aromatic rings. The van der Waals surface area contributed by atoms with Crippen molar-refractivity contribution in [3.63, 3.8) is 0 Å². The van der Waals surface area contributed by atoms with Gasteiger partial charge in [-0.3, -0.25) is 0 Å². The Bertz CT molecular complexity index is 723. The zero-order chi connectivity index (χ0) is 20.5. The lowest BCUT2D eigenvalue weighted by atomic mass is 9.98. The molecule has 1 heterocycles. The van der Waals surface area contributed by atoms with Crippen LogP contribution in [0, 0.1) is 0 Å². The van der Waals surface area contributed by atoms with Gasteiger partial charge in [-0.2, -0.15) is 0 Å². The van der Waals surface area contributed by atoms with Gasteiger partial charge in [-0.15, -0.1) is 6.58 Å². The molecule has 156 valence electrons. The third kappa shape index (κ3) is 5.96. The van der Waals surface area contributed by atoms with Gasteiger partial charge >= 0.3 is 0 Å². The zero-order valence-electron chi connectivity index (χ0n) is 16.3. The van der Waals surface area contributed by atoms with Crippen molar-refractivity contribution >= 4 is 0 Å². The van der Waals surface area contributed by atoms with E-state index in [1.54, 1.807) is 6.08 Å². The van der Waals surface area contributed by atoms with E-state index in [2.05, 4.69) is 6.58 Å². The van der Waals surface area contributed by atoms with Gasteiger partial charge in [0.05, 0.1) is 26.4 Å². The Morgan fingerprint density at radius 1 is 0.828 bits per heavy atom. The molecule has 0 amide bonds. The molecule has 6 nitrogen and oxygen atoms in total. The summed E-state index contributed by atoms with van der Waals surface area (Å²) in [5.74, 6) is 0. The fourth-order valence-corrected chi connectivity index (χ4v) is 3.32. The van der Waals surface area contributed by atoms with Crippen molar-refractivity contribution in [2.45, 2.75) is 43.9 Å². The number of rotatable bonds is 10. The molecule has 5 atom stereocenters. The summed E-state index contributed by atoms with van der Waals surface area (Å²) in [4.78, 5) is 0. The van der Waals surface area contributed by atoms with Crippen LogP contribution in [0.25, 0.3) is 0 Å². The predicted molar refractivity (Wildman–Crippen MR) is 108 cm³/mol. The summed E-state index contributed by atoms with van der Waals surface area (Å²) in [6, 6.07) is 19.4. The molecule has 1 fully saturated rings. The average molecular weight is 400 g/mol. The van der Waals surface area contributed by atoms with E-state index in [-0.39, 0.29) is 19.8 Å². The summed E-state index contributed by atoms with van der Waals surface area (Å²) in [5.41, 5.74) is 1.95. The van der Waals surface area contributed by atoms with E-state index in [0.29, 0.717) is 6.61 Å². The Kier molecular flexibility index (Phi) is 8.37. The molecule has 2 N–H and O–H groups in total. The summed E-state index contributed by atoms with van der Waals surface area (Å²) >= 11 is 0. The first-order chi connectivity index (χ1) is 14.2. The van der Waals surface area contributed by atoms with Gasteiger partial charge in [0.2, 0.25) is 0 Å². The molecule has 1 aliphatic heterocycles. The minimum Gasteiger partial charge on any atom is -0.394 e. The van der Waals surface area contributed by atoms with Crippen molar-refractivity contribution in [1.82, 2.24) is 0 Å². The first-order valence-electron chi connectivity index (χ1n) is 9.71. The smallest absolute Gasteiger partial charge is 0.184 e. The SMILES string of the molecule is C=CCO[C@@H]1[C@@H](OCc2ccccc2)[C@@H](O)O[C@H](CO)[C@H]1OCc1ccccc1. The van der Waals surface area contributed by atoms with Gasteiger partial charge in [0.15, 0.2) is 6.29 Å². The second-order valence-electron chi connectivity index (χ2n) is 6.86. The summed E-state index contributed by atoms with van der Waals surface area (Å²) in [5, 5.41) is 20.3. The number of hydrogen-bond acceptors (Lipinski definition) is 6. The highest BCUT2D eigenvalue weighted by atomic mass is 16.7. The van der Waals surface area contributed by atoms with Gasteiger partial charge in [0, 0.05) is 0 Å². The normalized spacial score (nSPS) is 26.9. The largest absolute Gasteiger partial charge is 0.394 e. The Hall–Kier alpha value is -2.06. The Labute approximate surface area is 171 Å². The van der Waals surface area contributed by atoms with Crippen LogP contribution in [0.2, 0.25) is 0 Å². The molecule has 3 rings (SSSR count). The molecule has 6 heteroatoms. The maximum absolute atomic E-state index is 10.5. The van der Waals surface area contributed by atoms with Gasteiger partial charge in [0.25, 0.3) is 0 Å². The lowest BCUT2D eigenvalue weighted by molar-refractivity contribution is -0.312. The molecule has 0 unspecified atom stereocenters. The van der Waals surface area contributed by atoms with Crippen LogP contribution in [0.1, 0.15) is 11.1 Å². The molecular formula is C23H28O6. The number of benzene rings is 2. The van der Waals surface area contributed by atoms with Gasteiger partial charge in [0.1, 0.15) is 24.4 Å². The third-order valence-electron chi connectivity index (χ3n) is 4.77. The fraction of sp³-hybridized carbons (Fsp3) is 0.391. The molecule has 0 saturated carbocycles. The van der Waals surface area contributed by atoms with Crippen LogP contribution in [0.3, 0.4) is 0 Å². The van der Waals surface area contributed by atoms with E-state index < -0.39 is 30.7 Å². The molecule has 0 radical (unpaired) electrons. The van der Waals surface area contributed by atoms with Crippen LogP contribution in [-0.4, -0.2) is 54.1 Å². The lowest BCUT2D eigenvalue weighted by Crippen LogP contribution is -2.61. The predicted octanol–water partition coefficient (Wildman–Crippen LogP) is 2.44. The van der Waals surface area contributed by atoms with Crippen LogP contribution in [-0.2, 0) is 32.2 Å². The molecule has 0 aliphatic carbocycles. The summed E-state index contributed by atoms with van der Waals surface area (Å²) in [6.45, 7) is 4.24. The fourth-order valence-electron chi connectivity index (χ4n) is 3.32. The highest BCUT2D eigenvalue weighted by molar-refractivity contribution is 5.14. The zero-order valence-corrected chi connectivity index (χ0v) is 16.3. The highest BCUT2D eigenvalue weighted by Gasteiger charge is 2.47. The summed E-state index contributed by atoms with van der Waals surface area (Å²) in [6.07, 6.45) is -2.40. The molecule has 0 aromatic heterocycles. The molecule has 2 aromatic carbocycles. The Balaban J connectivity index is 1.74. The van der Waals surface area contributed by atoms with Crippen LogP contribution in [0.15, 0.2) is 73.3 Å². The minimum atomic E-state index is -1.25. The van der Waals surface area contributed by atoms with Crippen molar-refractivity contribution in [1.29, 1.82) is 0 Å². The van der Waals surface area contributed by atoms with Crippen molar-refractivity contribution in [3.8, 4) is 0 Å². The maximum Gasteiger partial charge on any atom is 0.184 e. The van der Waals surface area contributed by atoms with Crippen molar-refractivity contribution in [2.24, 2.45) is 0 Å². The number of ether oxygens (including phenoxy) is 4. The topological polar surface area (TPSA) is 77.4 Å². The van der Waals surface area contributed by atoms with Crippen LogP contribution in [0.5, 0.6) is 0 Å². The third-order valence-corrected chi connectivity index (χ3v) is 4.77. The van der Waals surface area contributed by atoms with Gasteiger partial charge in [-0.25, -0.2) is 0 Å². The molecular weight excluding hydrogens is 372 g/mol. The second kappa shape index (κ2) is 11.2. The van der Waals surface area contributed by atoms with E-state index in [4.69, 9.17) is 18.9 Å². The lowest BCUT2D eigenvalue weighted by Gasteiger charge is -2.44. The molecule has 1 aliphatic rings. The Morgan fingerprint density at radius 3 is 1.90 bits per heavy atom. The summed E-state index contributed by atoms with van der Waals surface area (Å²) in [7, 11) is 0. The van der Waals surface area contributed by atoms with Crippen molar-refractivity contribution in [3.05, 3.63) is 84.4 Å². The van der Waals surface area contributed by atoms with Crippen molar-refractivity contribution in [2.75, 3.05) is 13.2 Å². The number of aliphatic hydroxyl groups excluding tert-OH is 2. The molecule has 0 bridgehead atoms. The first kappa shape index (κ1) is 21.6. The van der Waals surface area contributed by atoms with Gasteiger partial charge < -0.3 is 29.2 Å². The van der Waals surface area contributed by atoms with Gasteiger partial charge in [-0.05, 0) is 11.1 Å². The standard InChI is InChI=1S/C23H28O6/c1-2-13-26-21-20(27-15-17-9-5-3-6-10-17)19(14-24)29-23(25)22(21)28-16-18-11-7-4-8-12-18/h2-12,19-25H,1,13-16H2/t19-,20-,21+,22-,23+/m1/s1. The van der Waals surface area contributed by atoms with E-state index in [0.717, 1.165) is 11.1 Å². The molecule has 0 spiro atoms. The summed E-state index contributed by atoms with van der Waals surface area (Å²) < 4.78 is 23.6. The van der Waals surface area contributed by atoms with E-state index >= 15 is 0 Å². The highest BCUT2D eigenvalue weighted by Crippen LogP contribution is 2.28. The molecule has 1 saturated heterocycles. The van der Waals surface area contributed by atoms with Crippen LogP contribution < -0.4 is 0 Å². The van der Waals surface area contributed by atoms with E-state index in [1.165, 1.54) is 0 Å². The second-order valence-corrected chi connectivity index (χ2v) is 6.86. The molecule has 29 heavy (non-hydrogen) atoms.